The van der Waals surface area contributed by atoms with Gasteiger partial charge in [0, 0.05) is 12.1 Å². The van der Waals surface area contributed by atoms with Crippen LogP contribution in [0.3, 0.4) is 0 Å². The van der Waals surface area contributed by atoms with E-state index >= 15 is 0 Å². The minimum absolute atomic E-state index is 0.0782. The van der Waals surface area contributed by atoms with Crippen LogP contribution in [0.1, 0.15) is 36.0 Å². The maximum absolute atomic E-state index is 12.0. The quantitative estimate of drug-likeness (QED) is 0.594. The van der Waals surface area contributed by atoms with Crippen LogP contribution < -0.4 is 15.8 Å². The molecule has 0 radical (unpaired) electrons. The average Bonchev–Trinajstić information content (AvgIpc) is 3.00. The van der Waals surface area contributed by atoms with Gasteiger partial charge in [-0.05, 0) is 63.5 Å². The highest BCUT2D eigenvalue weighted by Crippen LogP contribution is 2.21. The van der Waals surface area contributed by atoms with Gasteiger partial charge in [0.1, 0.15) is 5.75 Å². The third-order valence-electron chi connectivity index (χ3n) is 3.88. The Balaban J connectivity index is 1.68. The highest BCUT2D eigenvalue weighted by molar-refractivity contribution is 5.95. The van der Waals surface area contributed by atoms with Crippen LogP contribution in [-0.4, -0.2) is 44.1 Å². The smallest absolute Gasteiger partial charge is 0.251 e. The van der Waals surface area contributed by atoms with Gasteiger partial charge in [-0.3, -0.25) is 4.79 Å². The molecule has 1 fully saturated rings. The third kappa shape index (κ3) is 4.63. The van der Waals surface area contributed by atoms with E-state index in [0.29, 0.717) is 23.5 Å². The summed E-state index contributed by atoms with van der Waals surface area (Å²) in [6.07, 6.45) is 4.80. The molecular weight excluding hydrogens is 266 g/mol. The van der Waals surface area contributed by atoms with Crippen molar-refractivity contribution in [3.8, 4) is 5.75 Å². The van der Waals surface area contributed by atoms with Crippen molar-refractivity contribution in [1.82, 2.24) is 10.2 Å². The fraction of sp³-hybridized carbons (Fsp3) is 0.562. The molecule has 1 aliphatic heterocycles. The lowest BCUT2D eigenvalue weighted by atomic mass is 10.1. The van der Waals surface area contributed by atoms with Crippen LogP contribution in [0.5, 0.6) is 5.75 Å². The highest BCUT2D eigenvalue weighted by atomic mass is 16.5. The normalized spacial score (nSPS) is 15.1. The zero-order valence-electron chi connectivity index (χ0n) is 12.7. The molecule has 3 N–H and O–H groups in total. The second-order valence-electron chi connectivity index (χ2n) is 5.47. The molecule has 116 valence electrons. The first-order valence-corrected chi connectivity index (χ1v) is 7.65. The molecule has 5 nitrogen and oxygen atoms in total. The van der Waals surface area contributed by atoms with Gasteiger partial charge >= 0.3 is 0 Å². The molecule has 0 atom stereocenters. The molecule has 0 bridgehead atoms. The van der Waals surface area contributed by atoms with Crippen molar-refractivity contribution < 1.29 is 9.53 Å². The topological polar surface area (TPSA) is 67.6 Å². The summed E-state index contributed by atoms with van der Waals surface area (Å²) >= 11 is 0. The number of benzene rings is 1. The molecule has 1 aliphatic rings. The molecule has 1 amide bonds. The average molecular weight is 291 g/mol. The number of hydrogen-bond acceptors (Lipinski definition) is 4. The predicted octanol–water partition coefficient (Wildman–Crippen LogP) is 1.88. The Kier molecular flexibility index (Phi) is 5.87. The fourth-order valence-electron chi connectivity index (χ4n) is 2.65. The third-order valence-corrected chi connectivity index (χ3v) is 3.88. The number of hydrogen-bond donors (Lipinski definition) is 2. The summed E-state index contributed by atoms with van der Waals surface area (Å²) in [5.41, 5.74) is 6.87. The van der Waals surface area contributed by atoms with E-state index in [4.69, 9.17) is 10.5 Å². The number of unbranched alkanes of at least 4 members (excludes halogenated alkanes) is 1. The number of nitrogen functional groups attached to an aromatic ring is 1. The molecule has 1 heterocycles. The summed E-state index contributed by atoms with van der Waals surface area (Å²) in [5, 5.41) is 2.94. The standard InChI is InChI=1S/C16H25N3O2/c1-21-15-7-6-13(12-14(15)17)16(20)18-8-2-3-9-19-10-4-5-11-19/h6-7,12H,2-5,8-11,17H2,1H3,(H,18,20). The molecule has 1 saturated heterocycles. The zero-order chi connectivity index (χ0) is 15.1. The number of nitrogens with two attached hydrogens (primary N) is 1. The lowest BCUT2D eigenvalue weighted by Gasteiger charge is -2.14. The zero-order valence-corrected chi connectivity index (χ0v) is 12.7. The maximum Gasteiger partial charge on any atom is 0.251 e. The Morgan fingerprint density at radius 3 is 2.76 bits per heavy atom. The van der Waals surface area contributed by atoms with Crippen molar-refractivity contribution in [3.05, 3.63) is 23.8 Å². The Labute approximate surface area is 126 Å². The molecule has 0 aliphatic carbocycles. The molecule has 0 aromatic heterocycles. The van der Waals surface area contributed by atoms with E-state index in [0.717, 1.165) is 19.4 Å². The Morgan fingerprint density at radius 1 is 1.33 bits per heavy atom. The molecule has 0 unspecified atom stereocenters. The van der Waals surface area contributed by atoms with Crippen LogP contribution in [0.2, 0.25) is 0 Å². The number of amides is 1. The van der Waals surface area contributed by atoms with E-state index in [2.05, 4.69) is 10.2 Å². The van der Waals surface area contributed by atoms with E-state index in [-0.39, 0.29) is 5.91 Å². The van der Waals surface area contributed by atoms with Crippen LogP contribution in [0.15, 0.2) is 18.2 Å². The van der Waals surface area contributed by atoms with Gasteiger partial charge in [-0.25, -0.2) is 0 Å². The van der Waals surface area contributed by atoms with Gasteiger partial charge in [-0.2, -0.15) is 0 Å². The molecular formula is C16H25N3O2. The first-order chi connectivity index (χ1) is 10.2. The predicted molar refractivity (Wildman–Crippen MR) is 84.6 cm³/mol. The molecule has 0 saturated carbocycles. The van der Waals surface area contributed by atoms with E-state index in [9.17, 15) is 4.79 Å². The van der Waals surface area contributed by atoms with Gasteiger partial charge in [0.15, 0.2) is 0 Å². The summed E-state index contributed by atoms with van der Waals surface area (Å²) in [6.45, 7) is 4.32. The molecule has 1 aromatic rings. The number of rotatable bonds is 7. The van der Waals surface area contributed by atoms with E-state index < -0.39 is 0 Å². The summed E-state index contributed by atoms with van der Waals surface area (Å²) in [4.78, 5) is 14.5. The summed E-state index contributed by atoms with van der Waals surface area (Å²) in [5.74, 6) is 0.516. The van der Waals surface area contributed by atoms with E-state index in [1.807, 2.05) is 0 Å². The van der Waals surface area contributed by atoms with E-state index in [1.165, 1.54) is 25.9 Å². The number of carbonyl (C=O) groups is 1. The molecule has 5 heteroatoms. The minimum Gasteiger partial charge on any atom is -0.495 e. The van der Waals surface area contributed by atoms with Gasteiger partial charge in [-0.15, -0.1) is 0 Å². The van der Waals surface area contributed by atoms with Crippen LogP contribution in [0.25, 0.3) is 0 Å². The summed E-state index contributed by atoms with van der Waals surface area (Å²) in [7, 11) is 1.56. The number of nitrogens with one attached hydrogen (secondary N) is 1. The van der Waals surface area contributed by atoms with Crippen LogP contribution in [0.4, 0.5) is 5.69 Å². The molecule has 21 heavy (non-hydrogen) atoms. The number of carbonyl (C=O) groups excluding carboxylic acids is 1. The second-order valence-corrected chi connectivity index (χ2v) is 5.47. The first-order valence-electron chi connectivity index (χ1n) is 7.65. The summed E-state index contributed by atoms with van der Waals surface area (Å²) in [6, 6.07) is 5.10. The number of nitrogens with zero attached hydrogens (tertiary/aromatic N) is 1. The second kappa shape index (κ2) is 7.88. The van der Waals surface area contributed by atoms with Gasteiger partial charge < -0.3 is 20.7 Å². The number of anilines is 1. The van der Waals surface area contributed by atoms with Gasteiger partial charge in [0.2, 0.25) is 0 Å². The van der Waals surface area contributed by atoms with Gasteiger partial charge in [0.25, 0.3) is 5.91 Å². The Bertz CT molecular complexity index is 471. The van der Waals surface area contributed by atoms with Gasteiger partial charge in [0.05, 0.1) is 12.8 Å². The number of methoxy groups -OCH3 is 1. The molecule has 0 spiro atoms. The van der Waals surface area contributed by atoms with Crippen molar-refractivity contribution in [1.29, 1.82) is 0 Å². The Morgan fingerprint density at radius 2 is 2.10 bits per heavy atom. The van der Waals surface area contributed by atoms with Crippen molar-refractivity contribution >= 4 is 11.6 Å². The van der Waals surface area contributed by atoms with Crippen molar-refractivity contribution in [3.63, 3.8) is 0 Å². The first kappa shape index (κ1) is 15.6. The van der Waals surface area contributed by atoms with Crippen molar-refractivity contribution in [2.45, 2.75) is 25.7 Å². The lowest BCUT2D eigenvalue weighted by Crippen LogP contribution is -2.26. The van der Waals surface area contributed by atoms with Crippen molar-refractivity contribution in [2.24, 2.45) is 0 Å². The maximum atomic E-state index is 12.0. The monoisotopic (exact) mass is 291 g/mol. The lowest BCUT2D eigenvalue weighted by molar-refractivity contribution is 0.0952. The number of likely N-dealkylation sites (tertiary alicyclic amines) is 1. The largest absolute Gasteiger partial charge is 0.495 e. The van der Waals surface area contributed by atoms with Crippen molar-refractivity contribution in [2.75, 3.05) is 39.0 Å². The fourth-order valence-corrected chi connectivity index (χ4v) is 2.65. The van der Waals surface area contributed by atoms with Crippen LogP contribution >= 0.6 is 0 Å². The number of ether oxygens (including phenoxy) is 1. The molecule has 1 aromatic carbocycles. The van der Waals surface area contributed by atoms with Gasteiger partial charge in [-0.1, -0.05) is 0 Å². The molecule has 2 rings (SSSR count). The SMILES string of the molecule is COc1ccc(C(=O)NCCCCN2CCCC2)cc1N. The van der Waals surface area contributed by atoms with Crippen LogP contribution in [-0.2, 0) is 0 Å². The minimum atomic E-state index is -0.0782. The Hall–Kier alpha value is -1.75. The van der Waals surface area contributed by atoms with Crippen LogP contribution in [0, 0.1) is 0 Å². The summed E-state index contributed by atoms with van der Waals surface area (Å²) < 4.78 is 5.08. The highest BCUT2D eigenvalue weighted by Gasteiger charge is 2.11. The van der Waals surface area contributed by atoms with E-state index in [1.54, 1.807) is 25.3 Å².